The van der Waals surface area contributed by atoms with Crippen molar-refractivity contribution >= 4 is 0 Å². The monoisotopic (exact) mass is 242 g/mol. The molecule has 0 aromatic rings. The molecule has 1 aliphatic heterocycles. The van der Waals surface area contributed by atoms with Crippen LogP contribution in [0.25, 0.3) is 0 Å². The predicted octanol–water partition coefficient (Wildman–Crippen LogP) is 2.27. The molecule has 1 fully saturated rings. The summed E-state index contributed by atoms with van der Waals surface area (Å²) in [4.78, 5) is 2.52. The van der Waals surface area contributed by atoms with Crippen molar-refractivity contribution in [2.75, 3.05) is 33.9 Å². The fourth-order valence-corrected chi connectivity index (χ4v) is 2.76. The van der Waals surface area contributed by atoms with E-state index in [2.05, 4.69) is 24.2 Å². The number of hydrogen-bond acceptors (Lipinski definition) is 3. The van der Waals surface area contributed by atoms with Gasteiger partial charge in [0, 0.05) is 19.2 Å². The van der Waals surface area contributed by atoms with Crippen LogP contribution in [-0.4, -0.2) is 50.8 Å². The lowest BCUT2D eigenvalue weighted by Gasteiger charge is -2.33. The fraction of sp³-hybridized carbons (Fsp3) is 1.00. The number of hydrogen-bond donors (Lipinski definition) is 1. The number of rotatable bonds is 8. The van der Waals surface area contributed by atoms with Crippen molar-refractivity contribution in [2.24, 2.45) is 0 Å². The molecule has 1 aliphatic rings. The maximum Gasteiger partial charge on any atom is 0.0615 e. The van der Waals surface area contributed by atoms with Gasteiger partial charge in [-0.2, -0.15) is 0 Å². The van der Waals surface area contributed by atoms with Crippen molar-refractivity contribution in [3.05, 3.63) is 0 Å². The van der Waals surface area contributed by atoms with Gasteiger partial charge in [0.05, 0.1) is 6.61 Å². The van der Waals surface area contributed by atoms with Crippen LogP contribution in [0.5, 0.6) is 0 Å². The lowest BCUT2D eigenvalue weighted by molar-refractivity contribution is 0.151. The van der Waals surface area contributed by atoms with Gasteiger partial charge in [-0.1, -0.05) is 19.8 Å². The standard InChI is InChI=1S/C14H30N2O/c1-4-7-13(12-17-3)15-10-9-14-8-5-6-11-16(14)2/h13-15H,4-12H2,1-3H3. The summed E-state index contributed by atoms with van der Waals surface area (Å²) in [5.74, 6) is 0. The maximum absolute atomic E-state index is 5.25. The first kappa shape index (κ1) is 14.9. The summed E-state index contributed by atoms with van der Waals surface area (Å²) in [5, 5.41) is 3.64. The van der Waals surface area contributed by atoms with E-state index in [1.54, 1.807) is 7.11 Å². The smallest absolute Gasteiger partial charge is 0.0615 e. The molecule has 0 aromatic carbocycles. The molecule has 0 saturated carbocycles. The second-order valence-corrected chi connectivity index (χ2v) is 5.31. The van der Waals surface area contributed by atoms with Gasteiger partial charge >= 0.3 is 0 Å². The Bertz CT molecular complexity index is 181. The van der Waals surface area contributed by atoms with E-state index in [1.807, 2.05) is 0 Å². The highest BCUT2D eigenvalue weighted by molar-refractivity contribution is 4.76. The van der Waals surface area contributed by atoms with Crippen molar-refractivity contribution in [1.82, 2.24) is 10.2 Å². The van der Waals surface area contributed by atoms with Crippen LogP contribution in [0.2, 0.25) is 0 Å². The lowest BCUT2D eigenvalue weighted by Crippen LogP contribution is -2.40. The highest BCUT2D eigenvalue weighted by Gasteiger charge is 2.18. The first-order valence-corrected chi connectivity index (χ1v) is 7.20. The molecule has 0 radical (unpaired) electrons. The van der Waals surface area contributed by atoms with Crippen LogP contribution in [0.1, 0.15) is 45.4 Å². The van der Waals surface area contributed by atoms with Gasteiger partial charge in [-0.3, -0.25) is 0 Å². The van der Waals surface area contributed by atoms with Gasteiger partial charge in [-0.15, -0.1) is 0 Å². The van der Waals surface area contributed by atoms with Crippen molar-refractivity contribution in [3.63, 3.8) is 0 Å². The van der Waals surface area contributed by atoms with Gasteiger partial charge in [0.2, 0.25) is 0 Å². The first-order chi connectivity index (χ1) is 8.27. The molecule has 0 spiro atoms. The highest BCUT2D eigenvalue weighted by atomic mass is 16.5. The SMILES string of the molecule is CCCC(COC)NCCC1CCCCN1C. The van der Waals surface area contributed by atoms with E-state index < -0.39 is 0 Å². The quantitative estimate of drug-likeness (QED) is 0.706. The topological polar surface area (TPSA) is 24.5 Å². The molecule has 17 heavy (non-hydrogen) atoms. The summed E-state index contributed by atoms with van der Waals surface area (Å²) >= 11 is 0. The molecule has 0 bridgehead atoms. The minimum absolute atomic E-state index is 0.541. The average molecular weight is 242 g/mol. The number of methoxy groups -OCH3 is 1. The van der Waals surface area contributed by atoms with Gasteiger partial charge in [-0.25, -0.2) is 0 Å². The van der Waals surface area contributed by atoms with Gasteiger partial charge in [0.25, 0.3) is 0 Å². The summed E-state index contributed by atoms with van der Waals surface area (Å²) in [6, 6.07) is 1.33. The summed E-state index contributed by atoms with van der Waals surface area (Å²) in [5.41, 5.74) is 0. The molecule has 2 unspecified atom stereocenters. The molecule has 0 aliphatic carbocycles. The third kappa shape index (κ3) is 5.84. The van der Waals surface area contributed by atoms with Gasteiger partial charge in [0.1, 0.15) is 0 Å². The van der Waals surface area contributed by atoms with Crippen LogP contribution in [-0.2, 0) is 4.74 Å². The minimum atomic E-state index is 0.541. The van der Waals surface area contributed by atoms with Crippen LogP contribution in [0, 0.1) is 0 Å². The average Bonchev–Trinajstić information content (AvgIpc) is 2.32. The van der Waals surface area contributed by atoms with Crippen LogP contribution >= 0.6 is 0 Å². The molecule has 1 rings (SSSR count). The second kappa shape index (κ2) is 8.90. The minimum Gasteiger partial charge on any atom is -0.383 e. The largest absolute Gasteiger partial charge is 0.383 e. The fourth-order valence-electron chi connectivity index (χ4n) is 2.76. The van der Waals surface area contributed by atoms with Crippen molar-refractivity contribution in [1.29, 1.82) is 0 Å². The molecule has 3 heteroatoms. The Kier molecular flexibility index (Phi) is 7.82. The second-order valence-electron chi connectivity index (χ2n) is 5.31. The Balaban J connectivity index is 2.15. The Morgan fingerprint density at radius 3 is 2.88 bits per heavy atom. The zero-order valence-corrected chi connectivity index (χ0v) is 11.9. The third-order valence-corrected chi connectivity index (χ3v) is 3.84. The molecule has 0 amide bonds. The van der Waals surface area contributed by atoms with Crippen molar-refractivity contribution in [2.45, 2.75) is 57.5 Å². The zero-order chi connectivity index (χ0) is 12.5. The Morgan fingerprint density at radius 1 is 1.41 bits per heavy atom. The summed E-state index contributed by atoms with van der Waals surface area (Å²) in [6.07, 6.45) is 7.88. The Hall–Kier alpha value is -0.120. The normalized spacial score (nSPS) is 23.8. The molecule has 3 nitrogen and oxygen atoms in total. The van der Waals surface area contributed by atoms with Gasteiger partial charge < -0.3 is 15.0 Å². The van der Waals surface area contributed by atoms with E-state index >= 15 is 0 Å². The molecule has 1 heterocycles. The lowest BCUT2D eigenvalue weighted by atomic mass is 10.00. The predicted molar refractivity (Wildman–Crippen MR) is 73.5 cm³/mol. The van der Waals surface area contributed by atoms with E-state index in [4.69, 9.17) is 4.74 Å². The number of likely N-dealkylation sites (tertiary alicyclic amines) is 1. The summed E-state index contributed by atoms with van der Waals surface area (Å²) in [6.45, 7) is 5.48. The van der Waals surface area contributed by atoms with Crippen LogP contribution in [0.3, 0.4) is 0 Å². The zero-order valence-electron chi connectivity index (χ0n) is 11.9. The molecule has 102 valence electrons. The van der Waals surface area contributed by atoms with Crippen LogP contribution in [0.15, 0.2) is 0 Å². The van der Waals surface area contributed by atoms with E-state index in [0.29, 0.717) is 6.04 Å². The maximum atomic E-state index is 5.25. The third-order valence-electron chi connectivity index (χ3n) is 3.84. The molecular weight excluding hydrogens is 212 g/mol. The molecular formula is C14H30N2O. The molecule has 1 saturated heterocycles. The van der Waals surface area contributed by atoms with Gasteiger partial charge in [-0.05, 0) is 45.8 Å². The Labute approximate surface area is 107 Å². The van der Waals surface area contributed by atoms with E-state index in [9.17, 15) is 0 Å². The van der Waals surface area contributed by atoms with Crippen LogP contribution < -0.4 is 5.32 Å². The number of nitrogens with zero attached hydrogens (tertiary/aromatic N) is 1. The van der Waals surface area contributed by atoms with E-state index in [0.717, 1.165) is 19.2 Å². The first-order valence-electron chi connectivity index (χ1n) is 7.20. The number of ether oxygens (including phenoxy) is 1. The van der Waals surface area contributed by atoms with Crippen molar-refractivity contribution in [3.8, 4) is 0 Å². The molecule has 1 N–H and O–H groups in total. The van der Waals surface area contributed by atoms with E-state index in [1.165, 1.54) is 45.1 Å². The summed E-state index contributed by atoms with van der Waals surface area (Å²) in [7, 11) is 4.06. The Morgan fingerprint density at radius 2 is 2.24 bits per heavy atom. The van der Waals surface area contributed by atoms with Crippen LogP contribution in [0.4, 0.5) is 0 Å². The number of piperidine rings is 1. The van der Waals surface area contributed by atoms with Crippen molar-refractivity contribution < 1.29 is 4.74 Å². The highest BCUT2D eigenvalue weighted by Crippen LogP contribution is 2.17. The van der Waals surface area contributed by atoms with Gasteiger partial charge in [0.15, 0.2) is 0 Å². The van der Waals surface area contributed by atoms with E-state index in [-0.39, 0.29) is 0 Å². The molecule has 0 aromatic heterocycles. The number of nitrogens with one attached hydrogen (secondary N) is 1. The summed E-state index contributed by atoms with van der Waals surface area (Å²) < 4.78 is 5.25. The molecule has 2 atom stereocenters.